The van der Waals surface area contributed by atoms with Crippen molar-refractivity contribution in [3.8, 4) is 0 Å². The summed E-state index contributed by atoms with van der Waals surface area (Å²) < 4.78 is 0. The van der Waals surface area contributed by atoms with Crippen molar-refractivity contribution in [2.24, 2.45) is 0 Å². The van der Waals surface area contributed by atoms with Gasteiger partial charge in [-0.05, 0) is 10.5 Å². The van der Waals surface area contributed by atoms with Gasteiger partial charge in [0.2, 0.25) is 0 Å². The molecule has 0 fully saturated rings. The van der Waals surface area contributed by atoms with Crippen molar-refractivity contribution in [3.63, 3.8) is 0 Å². The topological polar surface area (TPSA) is 92.0 Å². The van der Waals surface area contributed by atoms with Crippen LogP contribution in [0.3, 0.4) is 0 Å². The number of benzene rings is 1. The van der Waals surface area contributed by atoms with Gasteiger partial charge in [-0.15, -0.1) is 5.10 Å². The fourth-order valence-electron chi connectivity index (χ4n) is 1.63. The van der Waals surface area contributed by atoms with Crippen molar-refractivity contribution in [2.45, 2.75) is 12.5 Å². The second-order valence-corrected chi connectivity index (χ2v) is 3.64. The van der Waals surface area contributed by atoms with Crippen molar-refractivity contribution >= 4 is 5.82 Å². The van der Waals surface area contributed by atoms with Gasteiger partial charge in [0.25, 0.3) is 0 Å². The van der Waals surface area contributed by atoms with Crippen LogP contribution in [0.1, 0.15) is 17.2 Å². The summed E-state index contributed by atoms with van der Waals surface area (Å²) in [4.78, 5) is 10.1. The third kappa shape index (κ3) is 2.48. The zero-order valence-electron chi connectivity index (χ0n) is 8.91. The van der Waals surface area contributed by atoms with E-state index in [1.165, 1.54) is 6.20 Å². The molecule has 0 radical (unpaired) electrons. The highest BCUT2D eigenvalue weighted by Gasteiger charge is 2.22. The molecule has 2 rings (SSSR count). The molecule has 0 aliphatic carbocycles. The van der Waals surface area contributed by atoms with Crippen molar-refractivity contribution in [3.05, 3.63) is 57.8 Å². The zero-order chi connectivity index (χ0) is 12.3. The van der Waals surface area contributed by atoms with Crippen molar-refractivity contribution < 1.29 is 10.0 Å². The number of nitro groups is 1. The molecule has 0 spiro atoms. The Morgan fingerprint density at radius 2 is 2.12 bits per heavy atom. The van der Waals surface area contributed by atoms with Gasteiger partial charge in [-0.25, -0.2) is 0 Å². The quantitative estimate of drug-likeness (QED) is 0.619. The highest BCUT2D eigenvalue weighted by Crippen LogP contribution is 2.24. The molecule has 17 heavy (non-hydrogen) atoms. The van der Waals surface area contributed by atoms with Crippen LogP contribution in [0.2, 0.25) is 0 Å². The van der Waals surface area contributed by atoms with Gasteiger partial charge in [0.1, 0.15) is 0 Å². The van der Waals surface area contributed by atoms with E-state index in [1.54, 1.807) is 0 Å². The fourth-order valence-corrected chi connectivity index (χ4v) is 1.63. The summed E-state index contributed by atoms with van der Waals surface area (Å²) in [6.45, 7) is 0. The van der Waals surface area contributed by atoms with Gasteiger partial charge in [-0.3, -0.25) is 0 Å². The molecule has 2 N–H and O–H groups in total. The maximum Gasteiger partial charge on any atom is 0.348 e. The lowest BCUT2D eigenvalue weighted by Crippen LogP contribution is -2.03. The predicted molar refractivity (Wildman–Crippen MR) is 60.3 cm³/mol. The van der Waals surface area contributed by atoms with Crippen LogP contribution in [0.5, 0.6) is 0 Å². The maximum atomic E-state index is 10.7. The van der Waals surface area contributed by atoms with E-state index in [0.717, 1.165) is 5.56 Å². The molecule has 1 aromatic carbocycles. The van der Waals surface area contributed by atoms with E-state index in [-0.39, 0.29) is 11.4 Å². The van der Waals surface area contributed by atoms with E-state index in [2.05, 4.69) is 10.2 Å². The first kappa shape index (κ1) is 11.3. The van der Waals surface area contributed by atoms with Gasteiger partial charge in [-0.1, -0.05) is 35.4 Å². The molecule has 0 amide bonds. The number of hydrogen-bond acceptors (Lipinski definition) is 4. The number of aromatic amines is 1. The summed E-state index contributed by atoms with van der Waals surface area (Å²) in [6.07, 6.45) is 0.670. The van der Waals surface area contributed by atoms with E-state index in [1.807, 2.05) is 30.3 Å². The van der Waals surface area contributed by atoms with Gasteiger partial charge < -0.3 is 15.2 Å². The number of rotatable bonds is 4. The van der Waals surface area contributed by atoms with Crippen molar-refractivity contribution in [1.82, 2.24) is 10.2 Å². The van der Waals surface area contributed by atoms with Crippen LogP contribution in [-0.2, 0) is 6.42 Å². The van der Waals surface area contributed by atoms with E-state index >= 15 is 0 Å². The SMILES string of the molecule is O=[N+]([O-])c1[nH]ncc1C(O)Cc1ccccc1. The average Bonchev–Trinajstić information content (AvgIpc) is 2.79. The summed E-state index contributed by atoms with van der Waals surface area (Å²) >= 11 is 0. The van der Waals surface area contributed by atoms with Crippen molar-refractivity contribution in [2.75, 3.05) is 0 Å². The minimum absolute atomic E-state index is 0.207. The second kappa shape index (κ2) is 4.75. The van der Waals surface area contributed by atoms with Crippen LogP contribution in [0.15, 0.2) is 36.5 Å². The number of nitrogens with zero attached hydrogens (tertiary/aromatic N) is 2. The van der Waals surface area contributed by atoms with E-state index in [9.17, 15) is 15.2 Å². The number of aromatic nitrogens is 2. The summed E-state index contributed by atoms with van der Waals surface area (Å²) in [5, 5.41) is 26.4. The Bertz CT molecular complexity index is 510. The standard InChI is InChI=1S/C11H11N3O3/c15-10(6-8-4-2-1-3-5-8)9-7-12-13-11(9)14(16)17/h1-5,7,10,15H,6H2,(H,12,13). The highest BCUT2D eigenvalue weighted by molar-refractivity contribution is 5.33. The van der Waals surface area contributed by atoms with Crippen LogP contribution in [0.4, 0.5) is 5.82 Å². The van der Waals surface area contributed by atoms with E-state index < -0.39 is 11.0 Å². The summed E-state index contributed by atoms with van der Waals surface area (Å²) in [7, 11) is 0. The Hall–Kier alpha value is -2.21. The largest absolute Gasteiger partial charge is 0.388 e. The maximum absolute atomic E-state index is 10.7. The molecule has 1 unspecified atom stereocenters. The molecule has 6 heteroatoms. The molecule has 0 aliphatic rings. The predicted octanol–water partition coefficient (Wildman–Crippen LogP) is 1.59. The van der Waals surface area contributed by atoms with Crippen LogP contribution < -0.4 is 0 Å². The van der Waals surface area contributed by atoms with Gasteiger partial charge in [0.05, 0.1) is 17.9 Å². The van der Waals surface area contributed by atoms with Crippen LogP contribution in [0.25, 0.3) is 0 Å². The minimum atomic E-state index is -0.934. The second-order valence-electron chi connectivity index (χ2n) is 3.64. The average molecular weight is 233 g/mol. The Kier molecular flexibility index (Phi) is 3.15. The molecular formula is C11H11N3O3. The molecule has 1 heterocycles. The molecule has 1 aromatic heterocycles. The third-order valence-electron chi connectivity index (χ3n) is 2.46. The molecular weight excluding hydrogens is 222 g/mol. The first-order chi connectivity index (χ1) is 8.18. The third-order valence-corrected chi connectivity index (χ3v) is 2.46. The van der Waals surface area contributed by atoms with Gasteiger partial charge in [0.15, 0.2) is 0 Å². The molecule has 0 bridgehead atoms. The number of aliphatic hydroxyl groups excluding tert-OH is 1. The van der Waals surface area contributed by atoms with Crippen molar-refractivity contribution in [1.29, 1.82) is 0 Å². The lowest BCUT2D eigenvalue weighted by atomic mass is 10.0. The Balaban J connectivity index is 2.17. The Morgan fingerprint density at radius 1 is 1.41 bits per heavy atom. The zero-order valence-corrected chi connectivity index (χ0v) is 8.91. The number of nitrogens with one attached hydrogen (secondary N) is 1. The molecule has 6 nitrogen and oxygen atoms in total. The van der Waals surface area contributed by atoms with Crippen LogP contribution >= 0.6 is 0 Å². The van der Waals surface area contributed by atoms with Crippen LogP contribution in [-0.4, -0.2) is 20.2 Å². The number of hydrogen-bond donors (Lipinski definition) is 2. The highest BCUT2D eigenvalue weighted by atomic mass is 16.6. The number of H-pyrrole nitrogens is 1. The number of aliphatic hydroxyl groups is 1. The lowest BCUT2D eigenvalue weighted by Gasteiger charge is -2.08. The summed E-state index contributed by atoms with van der Waals surface area (Å²) in [5.74, 6) is -0.256. The van der Waals surface area contributed by atoms with E-state index in [4.69, 9.17) is 0 Å². The fraction of sp³-hybridized carbons (Fsp3) is 0.182. The van der Waals surface area contributed by atoms with E-state index in [0.29, 0.717) is 6.42 Å². The monoisotopic (exact) mass is 233 g/mol. The first-order valence-corrected chi connectivity index (χ1v) is 5.08. The molecule has 0 saturated heterocycles. The Morgan fingerprint density at radius 3 is 2.76 bits per heavy atom. The summed E-state index contributed by atoms with van der Waals surface area (Å²) in [5.41, 5.74) is 1.12. The molecule has 1 atom stereocenters. The minimum Gasteiger partial charge on any atom is -0.388 e. The Labute approximate surface area is 97.1 Å². The van der Waals surface area contributed by atoms with Gasteiger partial charge in [0, 0.05) is 6.42 Å². The first-order valence-electron chi connectivity index (χ1n) is 5.08. The molecule has 0 aliphatic heterocycles. The lowest BCUT2D eigenvalue weighted by molar-refractivity contribution is -0.390. The van der Waals surface area contributed by atoms with Crippen LogP contribution in [0, 0.1) is 10.1 Å². The normalized spacial score (nSPS) is 12.3. The van der Waals surface area contributed by atoms with Gasteiger partial charge in [-0.2, -0.15) is 0 Å². The smallest absolute Gasteiger partial charge is 0.348 e. The molecule has 0 saturated carbocycles. The molecule has 2 aromatic rings. The van der Waals surface area contributed by atoms with Gasteiger partial charge >= 0.3 is 5.82 Å². The summed E-state index contributed by atoms with van der Waals surface area (Å²) in [6, 6.07) is 9.29. The molecule has 88 valence electrons.